The second-order valence-corrected chi connectivity index (χ2v) is 2.38. The molecule has 0 aliphatic heterocycles. The topological polar surface area (TPSA) is 39.4 Å². The molecule has 3 nitrogen and oxygen atoms in total. The number of carbonyl (C=O) groups excluding carboxylic acids is 1. The first-order chi connectivity index (χ1) is 4.77. The van der Waals surface area contributed by atoms with Crippen LogP contribution in [0.25, 0.3) is 0 Å². The second-order valence-electron chi connectivity index (χ2n) is 1.60. The summed E-state index contributed by atoms with van der Waals surface area (Å²) in [7, 11) is 1.48. The van der Waals surface area contributed by atoms with Crippen molar-refractivity contribution in [1.29, 1.82) is 0 Å². The molecule has 4 heteroatoms. The van der Waals surface area contributed by atoms with Gasteiger partial charge in [0.15, 0.2) is 16.7 Å². The van der Waals surface area contributed by atoms with Crippen molar-refractivity contribution in [3.8, 4) is 5.75 Å². The summed E-state index contributed by atoms with van der Waals surface area (Å²) in [6.45, 7) is 0. The van der Waals surface area contributed by atoms with E-state index in [1.54, 1.807) is 6.07 Å². The lowest BCUT2D eigenvalue weighted by atomic mass is 10.4. The van der Waals surface area contributed by atoms with Gasteiger partial charge in [-0.05, 0) is 15.9 Å². The normalized spacial score (nSPS) is 9.40. The summed E-state index contributed by atoms with van der Waals surface area (Å²) in [5.41, 5.74) is 0. The number of hydrogen-bond donors (Lipinski definition) is 0. The Bertz CT molecular complexity index is 241. The maximum atomic E-state index is 10.2. The lowest BCUT2D eigenvalue weighted by molar-refractivity contribution is 0.109. The minimum atomic E-state index is 0.203. The van der Waals surface area contributed by atoms with Crippen molar-refractivity contribution in [2.24, 2.45) is 0 Å². The van der Waals surface area contributed by atoms with Crippen LogP contribution in [-0.4, -0.2) is 13.4 Å². The first-order valence-corrected chi connectivity index (χ1v) is 3.35. The van der Waals surface area contributed by atoms with Crippen LogP contribution < -0.4 is 4.74 Å². The van der Waals surface area contributed by atoms with Crippen LogP contribution in [0.1, 0.15) is 10.6 Å². The minimum absolute atomic E-state index is 0.203. The van der Waals surface area contributed by atoms with Gasteiger partial charge in [-0.1, -0.05) is 0 Å². The van der Waals surface area contributed by atoms with E-state index >= 15 is 0 Å². The molecule has 0 bridgehead atoms. The minimum Gasteiger partial charge on any atom is -0.493 e. The van der Waals surface area contributed by atoms with Gasteiger partial charge in [-0.2, -0.15) is 0 Å². The van der Waals surface area contributed by atoms with Crippen molar-refractivity contribution in [3.63, 3.8) is 0 Å². The van der Waals surface area contributed by atoms with E-state index in [1.807, 2.05) is 0 Å². The van der Waals surface area contributed by atoms with Gasteiger partial charge in [0.05, 0.1) is 7.11 Å². The van der Waals surface area contributed by atoms with Gasteiger partial charge < -0.3 is 9.15 Å². The Morgan fingerprint density at radius 1 is 1.80 bits per heavy atom. The van der Waals surface area contributed by atoms with Crippen molar-refractivity contribution >= 4 is 22.2 Å². The first kappa shape index (κ1) is 7.34. The van der Waals surface area contributed by atoms with Crippen LogP contribution in [0, 0.1) is 0 Å². The summed E-state index contributed by atoms with van der Waals surface area (Å²) in [5.74, 6) is 0.649. The molecule has 0 aliphatic rings. The largest absolute Gasteiger partial charge is 0.493 e. The van der Waals surface area contributed by atoms with Crippen LogP contribution in [-0.2, 0) is 0 Å². The number of halogens is 1. The molecule has 1 rings (SSSR count). The van der Waals surface area contributed by atoms with Crippen molar-refractivity contribution in [1.82, 2.24) is 0 Å². The summed E-state index contributed by atoms with van der Waals surface area (Å²) in [6.07, 6.45) is 0.601. The molecule has 1 aromatic rings. The summed E-state index contributed by atoms with van der Waals surface area (Å²) < 4.78 is 10.2. The van der Waals surface area contributed by atoms with E-state index in [0.717, 1.165) is 0 Å². The second kappa shape index (κ2) is 2.88. The Kier molecular flexibility index (Phi) is 2.11. The SMILES string of the molecule is COc1cc(Br)oc1C=O. The maximum absolute atomic E-state index is 10.2. The highest BCUT2D eigenvalue weighted by atomic mass is 79.9. The number of rotatable bonds is 2. The van der Waals surface area contributed by atoms with E-state index < -0.39 is 0 Å². The van der Waals surface area contributed by atoms with Crippen molar-refractivity contribution in [2.75, 3.05) is 7.11 Å². The lowest BCUT2D eigenvalue weighted by Crippen LogP contribution is -1.83. The highest BCUT2D eigenvalue weighted by Gasteiger charge is 2.07. The third kappa shape index (κ3) is 1.21. The average Bonchev–Trinajstić information content (AvgIpc) is 2.30. The molecule has 10 heavy (non-hydrogen) atoms. The summed E-state index contributed by atoms with van der Waals surface area (Å²) >= 11 is 3.06. The van der Waals surface area contributed by atoms with E-state index in [2.05, 4.69) is 15.9 Å². The third-order valence-electron chi connectivity index (χ3n) is 1.02. The Morgan fingerprint density at radius 3 is 2.90 bits per heavy atom. The molecule has 0 amide bonds. The molecule has 0 spiro atoms. The molecular formula is C6H5BrO3. The summed E-state index contributed by atoms with van der Waals surface area (Å²) in [5, 5.41) is 0. The smallest absolute Gasteiger partial charge is 0.209 e. The van der Waals surface area contributed by atoms with Crippen molar-refractivity contribution in [3.05, 3.63) is 16.5 Å². The molecule has 0 N–H and O–H groups in total. The molecule has 0 aliphatic carbocycles. The van der Waals surface area contributed by atoms with Gasteiger partial charge >= 0.3 is 0 Å². The fourth-order valence-electron chi connectivity index (χ4n) is 0.601. The van der Waals surface area contributed by atoms with Crippen LogP contribution in [0.3, 0.4) is 0 Å². The van der Waals surface area contributed by atoms with Crippen LogP contribution in [0.15, 0.2) is 15.2 Å². The molecule has 0 atom stereocenters. The van der Waals surface area contributed by atoms with Crippen molar-refractivity contribution < 1.29 is 13.9 Å². The molecule has 1 aromatic heterocycles. The molecular weight excluding hydrogens is 200 g/mol. The van der Waals surface area contributed by atoms with Crippen LogP contribution in [0.5, 0.6) is 5.75 Å². The van der Waals surface area contributed by atoms with Gasteiger partial charge in [0, 0.05) is 6.07 Å². The van der Waals surface area contributed by atoms with Crippen LogP contribution >= 0.6 is 15.9 Å². The molecule has 0 aromatic carbocycles. The summed E-state index contributed by atoms with van der Waals surface area (Å²) in [6, 6.07) is 1.59. The van der Waals surface area contributed by atoms with Crippen LogP contribution in [0.2, 0.25) is 0 Å². The molecule has 0 saturated carbocycles. The number of hydrogen-bond acceptors (Lipinski definition) is 3. The molecule has 0 fully saturated rings. The van der Waals surface area contributed by atoms with E-state index in [1.165, 1.54) is 7.11 Å². The average molecular weight is 205 g/mol. The first-order valence-electron chi connectivity index (χ1n) is 2.56. The summed E-state index contributed by atoms with van der Waals surface area (Å²) in [4.78, 5) is 10.2. The predicted molar refractivity (Wildman–Crippen MR) is 38.3 cm³/mol. The van der Waals surface area contributed by atoms with E-state index in [4.69, 9.17) is 9.15 Å². The van der Waals surface area contributed by atoms with E-state index in [-0.39, 0.29) is 5.76 Å². The Balaban J connectivity index is 3.08. The Hall–Kier alpha value is -0.770. The van der Waals surface area contributed by atoms with Gasteiger partial charge in [-0.3, -0.25) is 4.79 Å². The van der Waals surface area contributed by atoms with E-state index in [0.29, 0.717) is 16.7 Å². The standard InChI is InChI=1S/C6H5BrO3/c1-9-4-2-6(7)10-5(4)3-8/h2-3H,1H3. The Morgan fingerprint density at radius 2 is 2.50 bits per heavy atom. The molecule has 0 radical (unpaired) electrons. The van der Waals surface area contributed by atoms with E-state index in [9.17, 15) is 4.79 Å². The number of methoxy groups -OCH3 is 1. The highest BCUT2D eigenvalue weighted by molar-refractivity contribution is 9.10. The number of furan rings is 1. The van der Waals surface area contributed by atoms with Crippen molar-refractivity contribution in [2.45, 2.75) is 0 Å². The predicted octanol–water partition coefficient (Wildman–Crippen LogP) is 1.86. The monoisotopic (exact) mass is 204 g/mol. The quantitative estimate of drug-likeness (QED) is 0.691. The van der Waals surface area contributed by atoms with Gasteiger partial charge in [-0.15, -0.1) is 0 Å². The molecule has 0 unspecified atom stereocenters. The molecule has 1 heterocycles. The van der Waals surface area contributed by atoms with Gasteiger partial charge in [0.25, 0.3) is 0 Å². The number of ether oxygens (including phenoxy) is 1. The zero-order valence-electron chi connectivity index (χ0n) is 5.26. The molecule has 0 saturated heterocycles. The van der Waals surface area contributed by atoms with Gasteiger partial charge in [0.2, 0.25) is 5.76 Å². The number of aldehydes is 1. The lowest BCUT2D eigenvalue weighted by Gasteiger charge is -1.90. The highest BCUT2D eigenvalue weighted by Crippen LogP contribution is 2.24. The fourth-order valence-corrected chi connectivity index (χ4v) is 0.983. The van der Waals surface area contributed by atoms with Gasteiger partial charge in [-0.25, -0.2) is 0 Å². The van der Waals surface area contributed by atoms with Gasteiger partial charge in [0.1, 0.15) is 0 Å². The Labute approximate surface area is 66.1 Å². The maximum Gasteiger partial charge on any atom is 0.209 e. The molecule has 54 valence electrons. The fraction of sp³-hybridized carbons (Fsp3) is 0.167. The third-order valence-corrected chi connectivity index (χ3v) is 1.41. The number of carbonyl (C=O) groups is 1. The van der Waals surface area contributed by atoms with Crippen LogP contribution in [0.4, 0.5) is 0 Å². The zero-order valence-corrected chi connectivity index (χ0v) is 6.84. The zero-order chi connectivity index (χ0) is 7.56.